The van der Waals surface area contributed by atoms with E-state index in [0.29, 0.717) is 31.3 Å². The number of amides is 1. The predicted molar refractivity (Wildman–Crippen MR) is 100 cm³/mol. The molecule has 26 heavy (non-hydrogen) atoms. The molecule has 1 aromatic carbocycles. The number of nitrogens with one attached hydrogen (secondary N) is 4. The van der Waals surface area contributed by atoms with Crippen LogP contribution in [0.3, 0.4) is 0 Å². The van der Waals surface area contributed by atoms with E-state index in [1.165, 1.54) is 6.33 Å². The molecular weight excluding hydrogens is 332 g/mol. The molecule has 1 aliphatic heterocycles. The lowest BCUT2D eigenvalue weighted by Crippen LogP contribution is -2.37. The molecular formula is C18H20N6O2. The molecule has 3 heterocycles. The van der Waals surface area contributed by atoms with Crippen LogP contribution < -0.4 is 21.1 Å². The Morgan fingerprint density at radius 1 is 1.35 bits per heavy atom. The molecule has 0 radical (unpaired) electrons. The molecule has 0 bridgehead atoms. The molecule has 1 unspecified atom stereocenters. The summed E-state index contributed by atoms with van der Waals surface area (Å²) in [5, 5.41) is 7.00. The number of para-hydroxylation sites is 1. The first-order valence-electron chi connectivity index (χ1n) is 8.59. The molecule has 0 saturated carbocycles. The zero-order valence-corrected chi connectivity index (χ0v) is 14.4. The zero-order chi connectivity index (χ0) is 18.1. The van der Waals surface area contributed by atoms with Crippen molar-refractivity contribution in [3.8, 4) is 0 Å². The number of hydrogen-bond acceptors (Lipinski definition) is 5. The van der Waals surface area contributed by atoms with Crippen molar-refractivity contribution in [1.29, 1.82) is 0 Å². The van der Waals surface area contributed by atoms with Crippen molar-refractivity contribution in [2.75, 3.05) is 30.0 Å². The molecule has 1 amide bonds. The molecule has 0 spiro atoms. The van der Waals surface area contributed by atoms with Crippen molar-refractivity contribution in [1.82, 2.24) is 20.3 Å². The van der Waals surface area contributed by atoms with Gasteiger partial charge >= 0.3 is 0 Å². The molecule has 4 rings (SSSR count). The Hall–Kier alpha value is -3.29. The van der Waals surface area contributed by atoms with Gasteiger partial charge in [-0.3, -0.25) is 9.59 Å². The maximum absolute atomic E-state index is 12.8. The summed E-state index contributed by atoms with van der Waals surface area (Å²) in [4.78, 5) is 36.7. The number of benzene rings is 1. The van der Waals surface area contributed by atoms with E-state index in [1.54, 1.807) is 0 Å². The third-order valence-corrected chi connectivity index (χ3v) is 4.65. The van der Waals surface area contributed by atoms with Crippen molar-refractivity contribution in [3.05, 3.63) is 52.7 Å². The van der Waals surface area contributed by atoms with Gasteiger partial charge in [0.15, 0.2) is 5.82 Å². The molecule has 0 aliphatic carbocycles. The Balaban J connectivity index is 1.71. The minimum absolute atomic E-state index is 0.0458. The molecule has 1 atom stereocenters. The van der Waals surface area contributed by atoms with E-state index in [0.717, 1.165) is 16.5 Å². The second-order valence-corrected chi connectivity index (χ2v) is 6.22. The van der Waals surface area contributed by atoms with Gasteiger partial charge in [-0.2, -0.15) is 0 Å². The smallest absolute Gasteiger partial charge is 0.276 e. The lowest BCUT2D eigenvalue weighted by atomic mass is 9.97. The maximum atomic E-state index is 12.8. The number of rotatable bonds is 5. The van der Waals surface area contributed by atoms with E-state index in [4.69, 9.17) is 0 Å². The van der Waals surface area contributed by atoms with Gasteiger partial charge in [0.2, 0.25) is 5.91 Å². The van der Waals surface area contributed by atoms with Gasteiger partial charge in [0.1, 0.15) is 5.69 Å². The molecule has 8 heteroatoms. The van der Waals surface area contributed by atoms with Gasteiger partial charge < -0.3 is 25.5 Å². The summed E-state index contributed by atoms with van der Waals surface area (Å²) in [5.41, 5.74) is 2.16. The van der Waals surface area contributed by atoms with Gasteiger partial charge in [0.25, 0.3) is 5.56 Å². The van der Waals surface area contributed by atoms with E-state index < -0.39 is 0 Å². The summed E-state index contributed by atoms with van der Waals surface area (Å²) in [5.74, 6) is 0.137. The first kappa shape index (κ1) is 16.2. The standard InChI is InChI=1S/C18H20N6O2/c1-2-19-17(25)13(12-7-20-14-6-4-3-5-11(12)14)8-24-10-23-15-16(24)21-9-22-18(15)26/h3-7,9,13,20,23H,2,8,10H2,1H3,(H,19,25)(H,21,22,26). The average molecular weight is 352 g/mol. The van der Waals surface area contributed by atoms with Crippen molar-refractivity contribution in [2.24, 2.45) is 0 Å². The van der Waals surface area contributed by atoms with Crippen LogP contribution >= 0.6 is 0 Å². The number of fused-ring (bicyclic) bond motifs is 2. The second-order valence-electron chi connectivity index (χ2n) is 6.22. The zero-order valence-electron chi connectivity index (χ0n) is 14.4. The third kappa shape index (κ3) is 2.69. The highest BCUT2D eigenvalue weighted by atomic mass is 16.2. The molecule has 0 fully saturated rings. The Labute approximate surface area is 149 Å². The van der Waals surface area contributed by atoms with Gasteiger partial charge in [-0.1, -0.05) is 18.2 Å². The Bertz CT molecular complexity index is 1010. The molecule has 2 aromatic heterocycles. The number of hydrogen-bond donors (Lipinski definition) is 4. The lowest BCUT2D eigenvalue weighted by Gasteiger charge is -2.23. The number of H-pyrrole nitrogens is 2. The first-order chi connectivity index (χ1) is 12.7. The third-order valence-electron chi connectivity index (χ3n) is 4.65. The van der Waals surface area contributed by atoms with Crippen LogP contribution in [0.25, 0.3) is 10.9 Å². The van der Waals surface area contributed by atoms with E-state index in [-0.39, 0.29) is 17.4 Å². The Morgan fingerprint density at radius 3 is 3.04 bits per heavy atom. The summed E-state index contributed by atoms with van der Waals surface area (Å²) in [7, 11) is 0. The van der Waals surface area contributed by atoms with E-state index >= 15 is 0 Å². The van der Waals surface area contributed by atoms with Crippen molar-refractivity contribution in [2.45, 2.75) is 12.8 Å². The van der Waals surface area contributed by atoms with E-state index in [9.17, 15) is 9.59 Å². The number of likely N-dealkylation sites (N-methyl/N-ethyl adjacent to an activating group) is 1. The second kappa shape index (κ2) is 6.55. The number of aromatic nitrogens is 3. The monoisotopic (exact) mass is 352 g/mol. The summed E-state index contributed by atoms with van der Waals surface area (Å²) in [6, 6.07) is 7.91. The summed E-state index contributed by atoms with van der Waals surface area (Å²) < 4.78 is 0. The number of aromatic amines is 2. The topological polar surface area (TPSA) is 106 Å². The molecule has 1 aliphatic rings. The van der Waals surface area contributed by atoms with Gasteiger partial charge in [0.05, 0.1) is 18.9 Å². The molecule has 8 nitrogen and oxygen atoms in total. The highest BCUT2D eigenvalue weighted by Crippen LogP contribution is 2.31. The van der Waals surface area contributed by atoms with Crippen LogP contribution in [0.4, 0.5) is 11.5 Å². The van der Waals surface area contributed by atoms with Crippen LogP contribution in [0, 0.1) is 0 Å². The summed E-state index contributed by atoms with van der Waals surface area (Å²) in [6.45, 7) is 3.32. The van der Waals surface area contributed by atoms with Crippen LogP contribution in [0.2, 0.25) is 0 Å². The van der Waals surface area contributed by atoms with Gasteiger partial charge in [-0.25, -0.2) is 4.98 Å². The lowest BCUT2D eigenvalue weighted by molar-refractivity contribution is -0.122. The van der Waals surface area contributed by atoms with Gasteiger partial charge in [-0.05, 0) is 18.6 Å². The average Bonchev–Trinajstić information content (AvgIpc) is 3.25. The number of anilines is 2. The maximum Gasteiger partial charge on any atom is 0.276 e. The largest absolute Gasteiger partial charge is 0.361 e. The first-order valence-corrected chi connectivity index (χ1v) is 8.59. The van der Waals surface area contributed by atoms with Crippen LogP contribution in [-0.2, 0) is 4.79 Å². The molecule has 0 saturated heterocycles. The normalized spacial score (nSPS) is 14.1. The number of carbonyl (C=O) groups is 1. The summed E-state index contributed by atoms with van der Waals surface area (Å²) in [6.07, 6.45) is 3.27. The van der Waals surface area contributed by atoms with Crippen LogP contribution in [0.15, 0.2) is 41.6 Å². The minimum atomic E-state index is -0.389. The van der Waals surface area contributed by atoms with Crippen LogP contribution in [0.5, 0.6) is 0 Å². The number of carbonyl (C=O) groups excluding carboxylic acids is 1. The Kier molecular flexibility index (Phi) is 4.08. The molecule has 4 N–H and O–H groups in total. The van der Waals surface area contributed by atoms with E-state index in [1.807, 2.05) is 42.3 Å². The van der Waals surface area contributed by atoms with Crippen molar-refractivity contribution < 1.29 is 4.79 Å². The van der Waals surface area contributed by atoms with Crippen LogP contribution in [-0.4, -0.2) is 40.6 Å². The minimum Gasteiger partial charge on any atom is -0.361 e. The molecule has 134 valence electrons. The fourth-order valence-corrected chi connectivity index (χ4v) is 3.41. The quantitative estimate of drug-likeness (QED) is 0.555. The SMILES string of the molecule is CCNC(=O)C(CN1CNc2c1nc[nH]c2=O)c1c[nH]c2ccccc12. The van der Waals surface area contributed by atoms with Crippen LogP contribution in [0.1, 0.15) is 18.4 Å². The van der Waals surface area contributed by atoms with Gasteiger partial charge in [-0.15, -0.1) is 0 Å². The van der Waals surface area contributed by atoms with Crippen molar-refractivity contribution in [3.63, 3.8) is 0 Å². The van der Waals surface area contributed by atoms with Crippen molar-refractivity contribution >= 4 is 28.3 Å². The predicted octanol–water partition coefficient (Wildman–Crippen LogP) is 1.36. The fourth-order valence-electron chi connectivity index (χ4n) is 3.41. The fraction of sp³-hybridized carbons (Fsp3) is 0.278. The number of nitrogens with zero attached hydrogens (tertiary/aromatic N) is 2. The van der Waals surface area contributed by atoms with E-state index in [2.05, 4.69) is 25.6 Å². The Morgan fingerprint density at radius 2 is 2.19 bits per heavy atom. The van der Waals surface area contributed by atoms with Gasteiger partial charge in [0, 0.05) is 30.2 Å². The molecule has 3 aromatic rings. The summed E-state index contributed by atoms with van der Waals surface area (Å²) >= 11 is 0. The highest BCUT2D eigenvalue weighted by molar-refractivity contribution is 5.92. The highest BCUT2D eigenvalue weighted by Gasteiger charge is 2.30.